The van der Waals surface area contributed by atoms with E-state index in [4.69, 9.17) is 4.74 Å². The van der Waals surface area contributed by atoms with Crippen LogP contribution in [0.4, 0.5) is 0 Å². The van der Waals surface area contributed by atoms with E-state index in [1.165, 1.54) is 28.6 Å². The number of nitrogens with zero attached hydrogens (tertiary/aromatic N) is 2. The van der Waals surface area contributed by atoms with Crippen molar-refractivity contribution in [1.29, 1.82) is 0 Å². The van der Waals surface area contributed by atoms with Gasteiger partial charge in [-0.2, -0.15) is 4.31 Å². The minimum absolute atomic E-state index is 0.0574. The Labute approximate surface area is 194 Å². The second kappa shape index (κ2) is 10.3. The zero-order chi connectivity index (χ0) is 22.6. The fourth-order valence-corrected chi connectivity index (χ4v) is 7.51. The van der Waals surface area contributed by atoms with Crippen LogP contribution < -0.4 is 4.72 Å². The van der Waals surface area contributed by atoms with Gasteiger partial charge in [0.15, 0.2) is 0 Å². The number of piperidine rings is 1. The Morgan fingerprint density at radius 1 is 0.906 bits per heavy atom. The summed E-state index contributed by atoms with van der Waals surface area (Å²) in [5, 5.41) is 1.98. The highest BCUT2D eigenvalue weighted by Crippen LogP contribution is 2.26. The first-order valence-corrected chi connectivity index (χ1v) is 14.6. The molecule has 1 unspecified atom stereocenters. The lowest BCUT2D eigenvalue weighted by molar-refractivity contribution is 0.0179. The van der Waals surface area contributed by atoms with Gasteiger partial charge in [0, 0.05) is 37.6 Å². The minimum atomic E-state index is -3.78. The van der Waals surface area contributed by atoms with Crippen LogP contribution in [0.5, 0.6) is 0 Å². The maximum absolute atomic E-state index is 12.9. The summed E-state index contributed by atoms with van der Waals surface area (Å²) >= 11 is 1.60. The predicted octanol–water partition coefficient (Wildman–Crippen LogP) is 2.27. The van der Waals surface area contributed by atoms with Crippen molar-refractivity contribution in [2.24, 2.45) is 0 Å². The largest absolute Gasteiger partial charge is 0.379 e. The molecule has 2 aliphatic rings. The molecule has 8 nitrogen and oxygen atoms in total. The summed E-state index contributed by atoms with van der Waals surface area (Å²) in [5.41, 5.74) is 0. The quantitative estimate of drug-likeness (QED) is 0.599. The lowest BCUT2D eigenvalue weighted by Crippen LogP contribution is -2.43. The Balaban J connectivity index is 1.46. The summed E-state index contributed by atoms with van der Waals surface area (Å²) in [6.45, 7) is 3.99. The Morgan fingerprint density at radius 2 is 1.56 bits per heavy atom. The van der Waals surface area contributed by atoms with Crippen LogP contribution in [0.1, 0.15) is 30.2 Å². The van der Waals surface area contributed by atoms with Gasteiger partial charge in [-0.1, -0.05) is 12.5 Å². The zero-order valence-electron chi connectivity index (χ0n) is 17.9. The number of morpholine rings is 1. The normalized spacial score (nSPS) is 20.2. The van der Waals surface area contributed by atoms with E-state index < -0.39 is 20.0 Å². The topological polar surface area (TPSA) is 96.0 Å². The van der Waals surface area contributed by atoms with Crippen LogP contribution in [0.15, 0.2) is 51.6 Å². The van der Waals surface area contributed by atoms with Crippen molar-refractivity contribution < 1.29 is 21.6 Å². The fourth-order valence-electron chi connectivity index (χ4n) is 4.10. The maximum atomic E-state index is 12.9. The third-order valence-electron chi connectivity index (χ3n) is 5.91. The summed E-state index contributed by atoms with van der Waals surface area (Å²) in [7, 11) is -7.38. The SMILES string of the molecule is O=S(=O)(NCC(c1cccs1)N1CCOCC1)c1ccc(S(=O)(=O)N2CCCCC2)cc1. The summed E-state index contributed by atoms with van der Waals surface area (Å²) in [6, 6.07) is 9.41. The summed E-state index contributed by atoms with van der Waals surface area (Å²) in [4.78, 5) is 3.51. The first-order valence-electron chi connectivity index (χ1n) is 10.8. The number of hydrogen-bond acceptors (Lipinski definition) is 7. The highest BCUT2D eigenvalue weighted by molar-refractivity contribution is 7.89. The fraction of sp³-hybridized carbons (Fsp3) is 0.524. The van der Waals surface area contributed by atoms with Gasteiger partial charge in [-0.15, -0.1) is 11.3 Å². The van der Waals surface area contributed by atoms with E-state index in [1.807, 2.05) is 17.5 Å². The third kappa shape index (κ3) is 5.41. The molecule has 0 bridgehead atoms. The molecular formula is C21H29N3O5S3. The number of sulfonamides is 2. The van der Waals surface area contributed by atoms with E-state index in [2.05, 4.69) is 9.62 Å². The maximum Gasteiger partial charge on any atom is 0.243 e. The molecule has 1 aromatic heterocycles. The molecule has 4 rings (SSSR count). The minimum Gasteiger partial charge on any atom is -0.379 e. The molecule has 0 saturated carbocycles. The Hall–Kier alpha value is -1.34. The van der Waals surface area contributed by atoms with Crippen LogP contribution in [0, 0.1) is 0 Å². The Morgan fingerprint density at radius 3 is 2.19 bits per heavy atom. The molecule has 0 aliphatic carbocycles. The number of ether oxygens (including phenoxy) is 1. The molecule has 0 spiro atoms. The van der Waals surface area contributed by atoms with Gasteiger partial charge >= 0.3 is 0 Å². The third-order valence-corrected chi connectivity index (χ3v) is 10.2. The van der Waals surface area contributed by atoms with Crippen LogP contribution in [0.25, 0.3) is 0 Å². The molecule has 0 amide bonds. The Bertz CT molecular complexity index is 1070. The number of hydrogen-bond donors (Lipinski definition) is 1. The van der Waals surface area contributed by atoms with Gasteiger partial charge in [-0.3, -0.25) is 4.90 Å². The number of thiophene rings is 1. The second-order valence-corrected chi connectivity index (χ2v) is 12.7. The standard InChI is InChI=1S/C21H29N3O5S3/c25-31(26,22-17-20(21-5-4-16-30-21)23-12-14-29-15-13-23)18-6-8-19(9-7-18)32(27,28)24-10-2-1-3-11-24/h4-9,16,20,22H,1-3,10-15,17H2. The van der Waals surface area contributed by atoms with Crippen LogP contribution >= 0.6 is 11.3 Å². The van der Waals surface area contributed by atoms with E-state index in [-0.39, 0.29) is 22.4 Å². The molecule has 32 heavy (non-hydrogen) atoms. The van der Waals surface area contributed by atoms with Crippen LogP contribution in [0.2, 0.25) is 0 Å². The van der Waals surface area contributed by atoms with Crippen molar-refractivity contribution in [2.45, 2.75) is 35.1 Å². The van der Waals surface area contributed by atoms with E-state index in [0.717, 1.165) is 37.2 Å². The van der Waals surface area contributed by atoms with Gasteiger partial charge in [-0.25, -0.2) is 21.6 Å². The molecule has 2 aromatic rings. The van der Waals surface area contributed by atoms with Gasteiger partial charge in [0.1, 0.15) is 0 Å². The first-order chi connectivity index (χ1) is 15.4. The average Bonchev–Trinajstić information content (AvgIpc) is 3.35. The van der Waals surface area contributed by atoms with Gasteiger partial charge in [-0.05, 0) is 48.6 Å². The molecule has 3 heterocycles. The van der Waals surface area contributed by atoms with Gasteiger partial charge in [0.25, 0.3) is 0 Å². The summed E-state index contributed by atoms with van der Waals surface area (Å²) in [6.07, 6.45) is 2.74. The second-order valence-electron chi connectivity index (χ2n) is 7.97. The lowest BCUT2D eigenvalue weighted by atomic mass is 10.2. The zero-order valence-corrected chi connectivity index (χ0v) is 20.3. The number of benzene rings is 1. The average molecular weight is 500 g/mol. The van der Waals surface area contributed by atoms with Gasteiger partial charge in [0.05, 0.1) is 29.0 Å². The van der Waals surface area contributed by atoms with E-state index in [0.29, 0.717) is 26.3 Å². The van der Waals surface area contributed by atoms with Crippen molar-refractivity contribution in [3.8, 4) is 0 Å². The molecular weight excluding hydrogens is 470 g/mol. The summed E-state index contributed by atoms with van der Waals surface area (Å²) < 4.78 is 61.1. The molecule has 2 fully saturated rings. The van der Waals surface area contributed by atoms with Crippen molar-refractivity contribution in [2.75, 3.05) is 45.9 Å². The number of nitrogens with one attached hydrogen (secondary N) is 1. The Kier molecular flexibility index (Phi) is 7.65. The molecule has 11 heteroatoms. The predicted molar refractivity (Wildman–Crippen MR) is 124 cm³/mol. The highest BCUT2D eigenvalue weighted by atomic mass is 32.2. The van der Waals surface area contributed by atoms with Crippen molar-refractivity contribution in [3.05, 3.63) is 46.7 Å². The monoisotopic (exact) mass is 499 g/mol. The smallest absolute Gasteiger partial charge is 0.243 e. The van der Waals surface area contributed by atoms with Crippen LogP contribution in [-0.4, -0.2) is 72.0 Å². The van der Waals surface area contributed by atoms with Crippen molar-refractivity contribution in [1.82, 2.24) is 13.9 Å². The van der Waals surface area contributed by atoms with E-state index in [9.17, 15) is 16.8 Å². The van der Waals surface area contributed by atoms with E-state index in [1.54, 1.807) is 11.3 Å². The summed E-state index contributed by atoms with van der Waals surface area (Å²) in [5.74, 6) is 0. The molecule has 0 radical (unpaired) electrons. The van der Waals surface area contributed by atoms with Crippen molar-refractivity contribution in [3.63, 3.8) is 0 Å². The van der Waals surface area contributed by atoms with Crippen LogP contribution in [0.3, 0.4) is 0 Å². The van der Waals surface area contributed by atoms with Crippen molar-refractivity contribution >= 4 is 31.4 Å². The molecule has 1 N–H and O–H groups in total. The molecule has 2 aliphatic heterocycles. The van der Waals surface area contributed by atoms with Gasteiger partial charge in [0.2, 0.25) is 20.0 Å². The molecule has 2 saturated heterocycles. The van der Waals surface area contributed by atoms with Gasteiger partial charge < -0.3 is 4.74 Å². The highest BCUT2D eigenvalue weighted by Gasteiger charge is 2.28. The number of rotatable bonds is 8. The molecule has 176 valence electrons. The lowest BCUT2D eigenvalue weighted by Gasteiger charge is -2.34. The first kappa shape index (κ1) is 23.8. The molecule has 1 atom stereocenters. The van der Waals surface area contributed by atoms with Crippen LogP contribution in [-0.2, 0) is 24.8 Å². The molecule has 1 aromatic carbocycles. The van der Waals surface area contributed by atoms with E-state index >= 15 is 0 Å².